The molecule has 1 saturated heterocycles. The molecule has 3 unspecified atom stereocenters. The Kier molecular flexibility index (Phi) is 3.64. The molecular formula is C13H21N3O. The third kappa shape index (κ3) is 2.76. The van der Waals surface area contributed by atoms with Gasteiger partial charge in [0.25, 0.3) is 0 Å². The van der Waals surface area contributed by atoms with Gasteiger partial charge in [-0.2, -0.15) is 0 Å². The molecule has 2 heterocycles. The Labute approximate surface area is 103 Å². The first-order valence-corrected chi connectivity index (χ1v) is 6.17. The molecule has 1 aliphatic heterocycles. The van der Waals surface area contributed by atoms with E-state index < -0.39 is 0 Å². The van der Waals surface area contributed by atoms with Crippen molar-refractivity contribution < 1.29 is 4.74 Å². The third-order valence-corrected chi connectivity index (χ3v) is 3.20. The Balaban J connectivity index is 2.23. The van der Waals surface area contributed by atoms with Crippen molar-refractivity contribution in [2.45, 2.75) is 39.0 Å². The number of nitrogens with two attached hydrogens (primary N) is 1. The predicted octanol–water partition coefficient (Wildman–Crippen LogP) is 1.71. The largest absolute Gasteiger partial charge is 0.375 e. The Morgan fingerprint density at radius 2 is 2.29 bits per heavy atom. The van der Waals surface area contributed by atoms with Crippen molar-refractivity contribution in [2.24, 2.45) is 5.73 Å². The summed E-state index contributed by atoms with van der Waals surface area (Å²) in [4.78, 5) is 6.74. The fraction of sp³-hybridized carbons (Fsp3) is 0.615. The van der Waals surface area contributed by atoms with Crippen LogP contribution in [-0.2, 0) is 4.74 Å². The quantitative estimate of drug-likeness (QED) is 0.848. The summed E-state index contributed by atoms with van der Waals surface area (Å²) in [5.41, 5.74) is 7.03. The van der Waals surface area contributed by atoms with Crippen LogP contribution in [0.3, 0.4) is 0 Å². The molecule has 0 saturated carbocycles. The topological polar surface area (TPSA) is 51.4 Å². The Hall–Kier alpha value is -1.13. The monoisotopic (exact) mass is 235 g/mol. The van der Waals surface area contributed by atoms with Gasteiger partial charge in [-0.15, -0.1) is 0 Å². The van der Waals surface area contributed by atoms with Crippen LogP contribution >= 0.6 is 0 Å². The van der Waals surface area contributed by atoms with E-state index in [0.29, 0.717) is 6.04 Å². The average molecular weight is 235 g/mol. The summed E-state index contributed by atoms with van der Waals surface area (Å²) >= 11 is 0. The second kappa shape index (κ2) is 5.02. The molecule has 0 aliphatic carbocycles. The van der Waals surface area contributed by atoms with Gasteiger partial charge in [-0.1, -0.05) is 0 Å². The van der Waals surface area contributed by atoms with Gasteiger partial charge in [-0.05, 0) is 38.5 Å². The van der Waals surface area contributed by atoms with Crippen molar-refractivity contribution in [3.63, 3.8) is 0 Å². The van der Waals surface area contributed by atoms with E-state index in [1.165, 1.54) is 0 Å². The molecular weight excluding hydrogens is 214 g/mol. The summed E-state index contributed by atoms with van der Waals surface area (Å²) < 4.78 is 5.63. The number of rotatable bonds is 2. The third-order valence-electron chi connectivity index (χ3n) is 3.20. The smallest absolute Gasteiger partial charge is 0.129 e. The average Bonchev–Trinajstić information content (AvgIpc) is 2.32. The maximum atomic E-state index is 5.90. The van der Waals surface area contributed by atoms with Crippen LogP contribution in [0.4, 0.5) is 5.82 Å². The van der Waals surface area contributed by atoms with Gasteiger partial charge in [0.15, 0.2) is 0 Å². The maximum Gasteiger partial charge on any atom is 0.129 e. The first-order valence-electron chi connectivity index (χ1n) is 6.17. The molecule has 2 N–H and O–H groups in total. The van der Waals surface area contributed by atoms with Gasteiger partial charge in [0.1, 0.15) is 5.82 Å². The first-order chi connectivity index (χ1) is 8.08. The lowest BCUT2D eigenvalue weighted by Crippen LogP contribution is -2.47. The molecule has 0 aromatic carbocycles. The van der Waals surface area contributed by atoms with Crippen molar-refractivity contribution in [2.75, 3.05) is 18.1 Å². The number of pyridine rings is 1. The summed E-state index contributed by atoms with van der Waals surface area (Å²) in [6.45, 7) is 7.88. The summed E-state index contributed by atoms with van der Waals surface area (Å²) in [7, 11) is 0. The highest BCUT2D eigenvalue weighted by atomic mass is 16.5. The molecule has 0 radical (unpaired) electrons. The van der Waals surface area contributed by atoms with Crippen molar-refractivity contribution in [1.29, 1.82) is 0 Å². The van der Waals surface area contributed by atoms with E-state index in [4.69, 9.17) is 10.5 Å². The second-order valence-corrected chi connectivity index (χ2v) is 4.88. The Morgan fingerprint density at radius 1 is 1.53 bits per heavy atom. The number of aromatic nitrogens is 1. The highest BCUT2D eigenvalue weighted by Crippen LogP contribution is 2.22. The van der Waals surface area contributed by atoms with E-state index in [1.54, 1.807) is 0 Å². The van der Waals surface area contributed by atoms with Crippen LogP contribution in [0.15, 0.2) is 18.3 Å². The summed E-state index contributed by atoms with van der Waals surface area (Å²) in [5, 5.41) is 0. The molecule has 0 bridgehead atoms. The van der Waals surface area contributed by atoms with E-state index in [9.17, 15) is 0 Å². The zero-order valence-electron chi connectivity index (χ0n) is 10.8. The van der Waals surface area contributed by atoms with E-state index in [2.05, 4.69) is 29.8 Å². The van der Waals surface area contributed by atoms with Crippen molar-refractivity contribution in [1.82, 2.24) is 4.98 Å². The van der Waals surface area contributed by atoms with Gasteiger partial charge in [0, 0.05) is 18.8 Å². The molecule has 4 nitrogen and oxygen atoms in total. The van der Waals surface area contributed by atoms with Crippen LogP contribution < -0.4 is 10.6 Å². The minimum absolute atomic E-state index is 0.0468. The lowest BCUT2D eigenvalue weighted by molar-refractivity contribution is 0.0340. The number of hydrogen-bond acceptors (Lipinski definition) is 4. The van der Waals surface area contributed by atoms with Gasteiger partial charge >= 0.3 is 0 Å². The summed E-state index contributed by atoms with van der Waals surface area (Å²) in [6, 6.07) is 4.47. The van der Waals surface area contributed by atoms with Crippen LogP contribution in [0, 0.1) is 0 Å². The Bertz CT molecular complexity index is 381. The molecule has 2 rings (SSSR count). The number of hydrogen-bond donors (Lipinski definition) is 1. The van der Waals surface area contributed by atoms with Gasteiger partial charge in [-0.25, -0.2) is 4.98 Å². The maximum absolute atomic E-state index is 5.90. The van der Waals surface area contributed by atoms with Gasteiger partial charge in [0.2, 0.25) is 0 Å². The lowest BCUT2D eigenvalue weighted by atomic mass is 10.1. The first kappa shape index (κ1) is 12.3. The van der Waals surface area contributed by atoms with Gasteiger partial charge in [-0.3, -0.25) is 0 Å². The van der Waals surface area contributed by atoms with Gasteiger partial charge in [0.05, 0.1) is 18.8 Å². The zero-order chi connectivity index (χ0) is 12.4. The molecule has 17 heavy (non-hydrogen) atoms. The van der Waals surface area contributed by atoms with Crippen molar-refractivity contribution in [3.05, 3.63) is 23.9 Å². The lowest BCUT2D eigenvalue weighted by Gasteiger charge is -2.37. The SMILES string of the molecule is CC1CN(c2cc(C(C)N)ccn2)C(C)CO1. The number of morpholine rings is 1. The zero-order valence-corrected chi connectivity index (χ0v) is 10.8. The standard InChI is InChI=1S/C13H21N3O/c1-9-8-17-10(2)7-16(9)13-6-12(11(3)14)4-5-15-13/h4-6,9-11H,7-8,14H2,1-3H3. The normalized spacial score (nSPS) is 26.9. The van der Waals surface area contributed by atoms with Crippen LogP contribution in [0.2, 0.25) is 0 Å². The van der Waals surface area contributed by atoms with Crippen molar-refractivity contribution in [3.8, 4) is 0 Å². The van der Waals surface area contributed by atoms with Crippen LogP contribution in [0.25, 0.3) is 0 Å². The van der Waals surface area contributed by atoms with Crippen molar-refractivity contribution >= 4 is 5.82 Å². The number of nitrogens with zero attached hydrogens (tertiary/aromatic N) is 2. The highest BCUT2D eigenvalue weighted by Gasteiger charge is 2.24. The molecule has 1 aliphatic rings. The van der Waals surface area contributed by atoms with Crippen LogP contribution in [-0.4, -0.2) is 30.3 Å². The molecule has 1 fully saturated rings. The number of ether oxygens (including phenoxy) is 1. The summed E-state index contributed by atoms with van der Waals surface area (Å²) in [5.74, 6) is 1.00. The summed E-state index contributed by atoms with van der Waals surface area (Å²) in [6.07, 6.45) is 2.09. The molecule has 94 valence electrons. The molecule has 0 spiro atoms. The molecule has 3 atom stereocenters. The highest BCUT2D eigenvalue weighted by molar-refractivity contribution is 5.43. The molecule has 1 aromatic heterocycles. The molecule has 4 heteroatoms. The second-order valence-electron chi connectivity index (χ2n) is 4.88. The minimum Gasteiger partial charge on any atom is -0.375 e. The minimum atomic E-state index is 0.0468. The predicted molar refractivity (Wildman–Crippen MR) is 69.1 cm³/mol. The van der Waals surface area contributed by atoms with E-state index in [0.717, 1.165) is 24.5 Å². The van der Waals surface area contributed by atoms with Crippen LogP contribution in [0.5, 0.6) is 0 Å². The Morgan fingerprint density at radius 3 is 3.00 bits per heavy atom. The molecule has 1 aromatic rings. The van der Waals surface area contributed by atoms with Crippen LogP contribution in [0.1, 0.15) is 32.4 Å². The van der Waals surface area contributed by atoms with E-state index in [-0.39, 0.29) is 12.1 Å². The molecule has 0 amide bonds. The van der Waals surface area contributed by atoms with E-state index in [1.807, 2.05) is 19.2 Å². The fourth-order valence-electron chi connectivity index (χ4n) is 2.10. The van der Waals surface area contributed by atoms with E-state index >= 15 is 0 Å². The number of anilines is 1. The fourth-order valence-corrected chi connectivity index (χ4v) is 2.10. The van der Waals surface area contributed by atoms with Gasteiger partial charge < -0.3 is 15.4 Å².